The van der Waals surface area contributed by atoms with Gasteiger partial charge in [0.05, 0.1) is 0 Å². The lowest BCUT2D eigenvalue weighted by Gasteiger charge is -2.34. The molecule has 1 amide bonds. The van der Waals surface area contributed by atoms with Crippen LogP contribution >= 0.6 is 0 Å². The Kier molecular flexibility index (Phi) is 6.24. The maximum Gasteiger partial charge on any atom is 0.327 e. The molecule has 1 heterocycles. The second-order valence-corrected chi connectivity index (χ2v) is 5.60. The first-order valence-electron chi connectivity index (χ1n) is 6.75. The van der Waals surface area contributed by atoms with E-state index in [4.69, 9.17) is 5.11 Å². The minimum atomic E-state index is -0.967. The molecule has 0 aromatic carbocycles. The first-order chi connectivity index (χ1) is 8.88. The third-order valence-corrected chi connectivity index (χ3v) is 3.45. The Morgan fingerprint density at radius 2 is 1.95 bits per heavy atom. The van der Waals surface area contributed by atoms with Gasteiger partial charge in [0, 0.05) is 20.0 Å². The first-order valence-corrected chi connectivity index (χ1v) is 6.75. The highest BCUT2D eigenvalue weighted by molar-refractivity contribution is 5.82. The summed E-state index contributed by atoms with van der Waals surface area (Å²) in [6, 6.07) is -0.803. The number of likely N-dealkylation sites (tertiary alicyclic amines) is 1. The van der Waals surface area contributed by atoms with E-state index in [-0.39, 0.29) is 5.91 Å². The summed E-state index contributed by atoms with van der Waals surface area (Å²) in [5.41, 5.74) is 0. The molecule has 1 fully saturated rings. The number of amides is 1. The molecular weight excluding hydrogens is 246 g/mol. The van der Waals surface area contributed by atoms with Crippen molar-refractivity contribution in [1.82, 2.24) is 15.1 Å². The number of hydrogen-bond donors (Lipinski definition) is 2. The minimum absolute atomic E-state index is 0.296. The summed E-state index contributed by atoms with van der Waals surface area (Å²) in [7, 11) is 4.15. The molecule has 1 aliphatic heterocycles. The number of nitrogens with one attached hydrogen (secondary N) is 1. The summed E-state index contributed by atoms with van der Waals surface area (Å²) >= 11 is 0. The summed E-state index contributed by atoms with van der Waals surface area (Å²) in [4.78, 5) is 26.4. The van der Waals surface area contributed by atoms with Crippen molar-refractivity contribution in [2.24, 2.45) is 5.92 Å². The monoisotopic (exact) mass is 271 g/mol. The fourth-order valence-electron chi connectivity index (χ4n) is 2.56. The highest BCUT2D eigenvalue weighted by Crippen LogP contribution is 2.17. The highest BCUT2D eigenvalue weighted by atomic mass is 16.4. The van der Waals surface area contributed by atoms with Crippen LogP contribution in [0.5, 0.6) is 0 Å². The Labute approximate surface area is 114 Å². The largest absolute Gasteiger partial charge is 0.480 e. The zero-order valence-electron chi connectivity index (χ0n) is 12.1. The van der Waals surface area contributed by atoms with Gasteiger partial charge in [0.25, 0.3) is 0 Å². The number of rotatable bonds is 6. The fraction of sp³-hybridized carbons (Fsp3) is 0.846. The molecule has 19 heavy (non-hydrogen) atoms. The van der Waals surface area contributed by atoms with E-state index < -0.39 is 12.0 Å². The second-order valence-electron chi connectivity index (χ2n) is 5.60. The average molecular weight is 271 g/mol. The summed E-state index contributed by atoms with van der Waals surface area (Å²) < 4.78 is 0. The van der Waals surface area contributed by atoms with Crippen molar-refractivity contribution in [2.45, 2.75) is 25.8 Å². The van der Waals surface area contributed by atoms with Crippen LogP contribution in [-0.2, 0) is 9.59 Å². The van der Waals surface area contributed by atoms with Crippen LogP contribution in [-0.4, -0.2) is 73.1 Å². The molecule has 0 bridgehead atoms. The fourth-order valence-corrected chi connectivity index (χ4v) is 2.56. The predicted octanol–water partition coefficient (Wildman–Crippen LogP) is -0.151. The molecule has 0 spiro atoms. The topological polar surface area (TPSA) is 72.9 Å². The lowest BCUT2D eigenvalue weighted by Crippen LogP contribution is -2.50. The van der Waals surface area contributed by atoms with E-state index in [9.17, 15) is 9.59 Å². The molecular formula is C13H25N3O3. The van der Waals surface area contributed by atoms with Crippen molar-refractivity contribution >= 4 is 11.9 Å². The van der Waals surface area contributed by atoms with Crippen LogP contribution in [0.2, 0.25) is 0 Å². The van der Waals surface area contributed by atoms with Gasteiger partial charge in [-0.1, -0.05) is 0 Å². The molecule has 2 N–H and O–H groups in total. The molecule has 0 aromatic rings. The minimum Gasteiger partial charge on any atom is -0.480 e. The van der Waals surface area contributed by atoms with Crippen molar-refractivity contribution in [3.05, 3.63) is 0 Å². The van der Waals surface area contributed by atoms with Gasteiger partial charge in [0.15, 0.2) is 0 Å². The van der Waals surface area contributed by atoms with Crippen LogP contribution in [0.3, 0.4) is 0 Å². The van der Waals surface area contributed by atoms with Crippen LogP contribution in [0.15, 0.2) is 0 Å². The number of nitrogens with zero attached hydrogens (tertiary/aromatic N) is 2. The highest BCUT2D eigenvalue weighted by Gasteiger charge is 2.25. The van der Waals surface area contributed by atoms with Gasteiger partial charge in [0.1, 0.15) is 6.04 Å². The number of aliphatic carboxylic acids is 1. The Morgan fingerprint density at radius 1 is 1.37 bits per heavy atom. The molecule has 6 heteroatoms. The summed E-state index contributed by atoms with van der Waals surface area (Å²) in [6.07, 6.45) is 2.18. The van der Waals surface area contributed by atoms with E-state index in [1.165, 1.54) is 6.92 Å². The third kappa shape index (κ3) is 6.02. The van der Waals surface area contributed by atoms with E-state index in [0.717, 1.165) is 32.5 Å². The van der Waals surface area contributed by atoms with Crippen LogP contribution in [0, 0.1) is 5.92 Å². The van der Waals surface area contributed by atoms with Crippen molar-refractivity contribution in [3.8, 4) is 0 Å². The van der Waals surface area contributed by atoms with Gasteiger partial charge in [-0.2, -0.15) is 0 Å². The van der Waals surface area contributed by atoms with E-state index in [2.05, 4.69) is 29.2 Å². The van der Waals surface area contributed by atoms with Crippen molar-refractivity contribution in [1.29, 1.82) is 0 Å². The Hall–Kier alpha value is -1.14. The molecule has 0 aromatic heterocycles. The van der Waals surface area contributed by atoms with Crippen molar-refractivity contribution < 1.29 is 14.7 Å². The van der Waals surface area contributed by atoms with E-state index in [1.807, 2.05) is 0 Å². The number of carboxylic acids is 1. The maximum atomic E-state index is 11.1. The smallest absolute Gasteiger partial charge is 0.327 e. The van der Waals surface area contributed by atoms with E-state index in [0.29, 0.717) is 12.5 Å². The molecule has 1 rings (SSSR count). The number of carboxylic acid groups (broad SMARTS) is 1. The predicted molar refractivity (Wildman–Crippen MR) is 73.0 cm³/mol. The van der Waals surface area contributed by atoms with Gasteiger partial charge in [-0.15, -0.1) is 0 Å². The zero-order valence-corrected chi connectivity index (χ0v) is 12.1. The van der Waals surface area contributed by atoms with Crippen molar-refractivity contribution in [2.75, 3.05) is 40.3 Å². The first kappa shape index (κ1) is 15.9. The Morgan fingerprint density at radius 3 is 2.37 bits per heavy atom. The molecule has 0 saturated carbocycles. The molecule has 0 radical (unpaired) electrons. The van der Waals surface area contributed by atoms with E-state index >= 15 is 0 Å². The standard InChI is InChI=1S/C13H25N3O3/c1-10(17)14-12(13(18)19)9-16-6-4-11(5-7-16)8-15(2)3/h11-12H,4-9H2,1-3H3,(H,14,17)(H,18,19). The van der Waals surface area contributed by atoms with Gasteiger partial charge < -0.3 is 20.2 Å². The molecule has 110 valence electrons. The normalized spacial score (nSPS) is 19.4. The van der Waals surface area contributed by atoms with E-state index in [1.54, 1.807) is 0 Å². The van der Waals surface area contributed by atoms with Gasteiger partial charge >= 0.3 is 5.97 Å². The maximum absolute atomic E-state index is 11.1. The molecule has 1 atom stereocenters. The summed E-state index contributed by atoms with van der Waals surface area (Å²) in [6.45, 7) is 4.63. The van der Waals surface area contributed by atoms with Crippen molar-refractivity contribution in [3.63, 3.8) is 0 Å². The molecule has 1 saturated heterocycles. The Bertz CT molecular complexity index is 312. The number of hydrogen-bond acceptors (Lipinski definition) is 4. The molecule has 1 aliphatic rings. The van der Waals surface area contributed by atoms with Gasteiger partial charge in [-0.25, -0.2) is 4.79 Å². The van der Waals surface area contributed by atoms with Gasteiger partial charge in [-0.05, 0) is 45.9 Å². The number of carbonyl (C=O) groups excluding carboxylic acids is 1. The SMILES string of the molecule is CC(=O)NC(CN1CCC(CN(C)C)CC1)C(=O)O. The lowest BCUT2D eigenvalue weighted by atomic mass is 9.96. The third-order valence-electron chi connectivity index (χ3n) is 3.45. The number of piperidine rings is 1. The quantitative estimate of drug-likeness (QED) is 0.703. The summed E-state index contributed by atoms with van der Waals surface area (Å²) in [5.74, 6) is -0.573. The average Bonchev–Trinajstić information content (AvgIpc) is 2.29. The van der Waals surface area contributed by atoms with Crippen LogP contribution < -0.4 is 5.32 Å². The van der Waals surface area contributed by atoms with Gasteiger partial charge in [-0.3, -0.25) is 4.79 Å². The number of carbonyl (C=O) groups is 2. The van der Waals surface area contributed by atoms with Crippen LogP contribution in [0.1, 0.15) is 19.8 Å². The van der Waals surface area contributed by atoms with Crippen LogP contribution in [0.4, 0.5) is 0 Å². The van der Waals surface area contributed by atoms with Gasteiger partial charge in [0.2, 0.25) is 5.91 Å². The zero-order chi connectivity index (χ0) is 14.4. The summed E-state index contributed by atoms with van der Waals surface area (Å²) in [5, 5.41) is 11.6. The molecule has 1 unspecified atom stereocenters. The molecule has 0 aliphatic carbocycles. The van der Waals surface area contributed by atoms with Crippen LogP contribution in [0.25, 0.3) is 0 Å². The second kappa shape index (κ2) is 7.45. The molecule has 6 nitrogen and oxygen atoms in total. The lowest BCUT2D eigenvalue weighted by molar-refractivity contribution is -0.142. The Balaban J connectivity index is 2.38.